The van der Waals surface area contributed by atoms with Gasteiger partial charge >= 0.3 is 0 Å². The Hall–Kier alpha value is -3.59. The van der Waals surface area contributed by atoms with E-state index in [1.54, 1.807) is 35.2 Å². The first kappa shape index (κ1) is 18.2. The van der Waals surface area contributed by atoms with Crippen LogP contribution in [0.1, 0.15) is 5.56 Å². The highest BCUT2D eigenvalue weighted by molar-refractivity contribution is 7.80. The topological polar surface area (TPSA) is 97.5 Å². The summed E-state index contributed by atoms with van der Waals surface area (Å²) < 4.78 is 1.66. The lowest BCUT2D eigenvalue weighted by molar-refractivity contribution is -0.384. The maximum absolute atomic E-state index is 12.5. The molecular formula is C18H14N4O4S. The summed E-state index contributed by atoms with van der Waals surface area (Å²) in [6, 6.07) is 7.82. The van der Waals surface area contributed by atoms with E-state index in [-0.39, 0.29) is 22.9 Å². The first-order valence-corrected chi connectivity index (χ1v) is 8.24. The van der Waals surface area contributed by atoms with Crippen molar-refractivity contribution < 1.29 is 14.5 Å². The first-order chi connectivity index (χ1) is 12.9. The van der Waals surface area contributed by atoms with Gasteiger partial charge in [-0.1, -0.05) is 12.1 Å². The zero-order valence-electron chi connectivity index (χ0n) is 14.0. The van der Waals surface area contributed by atoms with Crippen molar-refractivity contribution in [3.8, 4) is 5.69 Å². The van der Waals surface area contributed by atoms with Crippen LogP contribution >= 0.6 is 12.2 Å². The minimum atomic E-state index is -0.576. The Labute approximate surface area is 159 Å². The number of nitro groups is 1. The molecule has 27 heavy (non-hydrogen) atoms. The van der Waals surface area contributed by atoms with Gasteiger partial charge in [-0.2, -0.15) is 0 Å². The predicted molar refractivity (Wildman–Crippen MR) is 103 cm³/mol. The number of carbonyl (C=O) groups is 2. The molecule has 2 heterocycles. The number of rotatable bonds is 5. The average molecular weight is 382 g/mol. The molecule has 0 saturated carbocycles. The standard InChI is InChI=1S/C18H14N4O4S/c1-2-7-21-17(24)15(16(23)19-18(21)27)9-12-6-8-20(11-12)13-4-3-5-14(10-13)22(25)26/h2-6,8-11H,1,7H2,(H,19,23,27)/b15-9-. The van der Waals surface area contributed by atoms with Crippen molar-refractivity contribution in [2.45, 2.75) is 0 Å². The van der Waals surface area contributed by atoms with E-state index < -0.39 is 16.7 Å². The Morgan fingerprint density at radius 3 is 2.78 bits per heavy atom. The van der Waals surface area contributed by atoms with Gasteiger partial charge in [0.2, 0.25) is 0 Å². The van der Waals surface area contributed by atoms with Gasteiger partial charge in [0.25, 0.3) is 17.5 Å². The number of hydrogen-bond acceptors (Lipinski definition) is 5. The maximum atomic E-state index is 12.5. The molecule has 2 aromatic rings. The number of benzene rings is 1. The predicted octanol–water partition coefficient (Wildman–Crippen LogP) is 2.20. The van der Waals surface area contributed by atoms with Crippen LogP contribution in [0.25, 0.3) is 11.8 Å². The van der Waals surface area contributed by atoms with Gasteiger partial charge in [-0.3, -0.25) is 29.9 Å². The Bertz CT molecular complexity index is 1010. The summed E-state index contributed by atoms with van der Waals surface area (Å²) in [7, 11) is 0. The third-order valence-corrected chi connectivity index (χ3v) is 4.19. The second kappa shape index (κ2) is 7.34. The molecule has 8 nitrogen and oxygen atoms in total. The number of amides is 2. The Morgan fingerprint density at radius 2 is 2.07 bits per heavy atom. The van der Waals surface area contributed by atoms with Crippen LogP contribution in [0.5, 0.6) is 0 Å². The van der Waals surface area contributed by atoms with E-state index >= 15 is 0 Å². The van der Waals surface area contributed by atoms with Gasteiger partial charge in [-0.15, -0.1) is 6.58 Å². The molecule has 1 saturated heterocycles. The molecular weight excluding hydrogens is 368 g/mol. The number of nitro benzene ring substituents is 1. The van der Waals surface area contributed by atoms with E-state index in [0.717, 1.165) is 0 Å². The number of thiocarbonyl (C=S) groups is 1. The summed E-state index contributed by atoms with van der Waals surface area (Å²) in [6.45, 7) is 3.76. The van der Waals surface area contributed by atoms with Crippen LogP contribution in [0.2, 0.25) is 0 Å². The minimum absolute atomic E-state index is 0.0310. The van der Waals surface area contributed by atoms with E-state index in [1.165, 1.54) is 29.2 Å². The fourth-order valence-corrected chi connectivity index (χ4v) is 2.83. The van der Waals surface area contributed by atoms with E-state index in [4.69, 9.17) is 12.2 Å². The largest absolute Gasteiger partial charge is 0.323 e. The number of aromatic nitrogens is 1. The molecule has 3 rings (SSSR count). The molecule has 0 unspecified atom stereocenters. The van der Waals surface area contributed by atoms with Gasteiger partial charge < -0.3 is 4.57 Å². The molecule has 1 aliphatic rings. The molecule has 1 aromatic carbocycles. The van der Waals surface area contributed by atoms with Gasteiger partial charge in [-0.05, 0) is 36.0 Å². The zero-order chi connectivity index (χ0) is 19.6. The lowest BCUT2D eigenvalue weighted by Crippen LogP contribution is -2.53. The molecule has 1 aromatic heterocycles. The monoisotopic (exact) mass is 382 g/mol. The number of non-ortho nitro benzene ring substituents is 1. The second-order valence-corrected chi connectivity index (χ2v) is 6.04. The molecule has 1 fully saturated rings. The van der Waals surface area contributed by atoms with Crippen LogP contribution in [-0.4, -0.2) is 37.9 Å². The Balaban J connectivity index is 1.92. The van der Waals surface area contributed by atoms with Crippen molar-refractivity contribution in [2.75, 3.05) is 6.54 Å². The van der Waals surface area contributed by atoms with Crippen molar-refractivity contribution >= 4 is 40.9 Å². The molecule has 136 valence electrons. The summed E-state index contributed by atoms with van der Waals surface area (Å²) in [5.74, 6) is -1.08. The highest BCUT2D eigenvalue weighted by Crippen LogP contribution is 2.20. The van der Waals surface area contributed by atoms with Gasteiger partial charge in [0.1, 0.15) is 5.57 Å². The SMILES string of the molecule is C=CCN1C(=O)/C(=C\c2ccn(-c3cccc([N+](=O)[O-])c3)c2)C(=O)NC1=S. The van der Waals surface area contributed by atoms with E-state index in [1.807, 2.05) is 0 Å². The summed E-state index contributed by atoms with van der Waals surface area (Å²) in [5, 5.41) is 13.4. The number of hydrogen-bond donors (Lipinski definition) is 1. The fourth-order valence-electron chi connectivity index (χ4n) is 2.58. The van der Waals surface area contributed by atoms with Crippen LogP contribution in [0.15, 0.2) is 61.0 Å². The molecule has 0 spiro atoms. The van der Waals surface area contributed by atoms with E-state index in [2.05, 4.69) is 11.9 Å². The number of carbonyl (C=O) groups excluding carboxylic acids is 2. The average Bonchev–Trinajstić information content (AvgIpc) is 3.11. The molecule has 2 amide bonds. The van der Waals surface area contributed by atoms with Crippen LogP contribution in [-0.2, 0) is 9.59 Å². The molecule has 1 N–H and O–H groups in total. The lowest BCUT2D eigenvalue weighted by atomic mass is 10.1. The van der Waals surface area contributed by atoms with Crippen molar-refractivity contribution in [3.63, 3.8) is 0 Å². The minimum Gasteiger partial charge on any atom is -0.323 e. The van der Waals surface area contributed by atoms with Crippen LogP contribution in [0.4, 0.5) is 5.69 Å². The van der Waals surface area contributed by atoms with E-state index in [0.29, 0.717) is 11.3 Å². The second-order valence-electron chi connectivity index (χ2n) is 5.65. The number of nitrogens with zero attached hydrogens (tertiary/aromatic N) is 3. The van der Waals surface area contributed by atoms with Gasteiger partial charge in [-0.25, -0.2) is 0 Å². The summed E-state index contributed by atoms with van der Waals surface area (Å²) >= 11 is 5.00. The van der Waals surface area contributed by atoms with Crippen molar-refractivity contribution in [1.29, 1.82) is 0 Å². The summed E-state index contributed by atoms with van der Waals surface area (Å²) in [5.41, 5.74) is 1.09. The summed E-state index contributed by atoms with van der Waals surface area (Å²) in [4.78, 5) is 36.3. The highest BCUT2D eigenvalue weighted by Gasteiger charge is 2.32. The quantitative estimate of drug-likeness (QED) is 0.214. The van der Waals surface area contributed by atoms with Crippen molar-refractivity contribution in [3.05, 3.63) is 76.6 Å². The molecule has 1 aliphatic heterocycles. The van der Waals surface area contributed by atoms with Crippen molar-refractivity contribution in [2.24, 2.45) is 0 Å². The van der Waals surface area contributed by atoms with Gasteiger partial charge in [0.15, 0.2) is 5.11 Å². The van der Waals surface area contributed by atoms with Crippen LogP contribution < -0.4 is 5.32 Å². The third kappa shape index (κ3) is 3.67. The molecule has 0 aliphatic carbocycles. The number of nitrogens with one attached hydrogen (secondary N) is 1. The molecule has 0 bridgehead atoms. The summed E-state index contributed by atoms with van der Waals surface area (Å²) in [6.07, 6.45) is 6.31. The molecule has 9 heteroatoms. The van der Waals surface area contributed by atoms with Gasteiger partial charge in [0, 0.05) is 31.1 Å². The maximum Gasteiger partial charge on any atom is 0.271 e. The van der Waals surface area contributed by atoms with Gasteiger partial charge in [0.05, 0.1) is 10.6 Å². The third-order valence-electron chi connectivity index (χ3n) is 3.86. The smallest absolute Gasteiger partial charge is 0.271 e. The van der Waals surface area contributed by atoms with E-state index in [9.17, 15) is 19.7 Å². The molecule has 0 radical (unpaired) electrons. The Kier molecular flexibility index (Phi) is 4.95. The zero-order valence-corrected chi connectivity index (χ0v) is 14.8. The Morgan fingerprint density at radius 1 is 1.30 bits per heavy atom. The van der Waals surface area contributed by atoms with Crippen molar-refractivity contribution in [1.82, 2.24) is 14.8 Å². The first-order valence-electron chi connectivity index (χ1n) is 7.83. The van der Waals surface area contributed by atoms with Crippen LogP contribution in [0, 0.1) is 10.1 Å². The lowest BCUT2D eigenvalue weighted by Gasteiger charge is -2.27. The highest BCUT2D eigenvalue weighted by atomic mass is 32.1. The normalized spacial score (nSPS) is 15.8. The molecule has 0 atom stereocenters. The van der Waals surface area contributed by atoms with Crippen LogP contribution in [0.3, 0.4) is 0 Å². The fraction of sp³-hybridized carbons (Fsp3) is 0.0556.